The lowest BCUT2D eigenvalue weighted by Crippen LogP contribution is -2.31. The molecule has 27 heavy (non-hydrogen) atoms. The number of aryl methyl sites for hydroxylation is 1. The van der Waals surface area contributed by atoms with E-state index in [2.05, 4.69) is 66.8 Å². The number of carbonyl (C=O) groups is 1. The first-order valence-corrected chi connectivity index (χ1v) is 9.40. The minimum absolute atomic E-state index is 0.0935. The number of fused-ring (bicyclic) bond motifs is 5. The predicted octanol–water partition coefficient (Wildman–Crippen LogP) is 5.16. The minimum atomic E-state index is -0.883. The van der Waals surface area contributed by atoms with E-state index in [9.17, 15) is 9.90 Å². The van der Waals surface area contributed by atoms with E-state index in [0.717, 1.165) is 17.7 Å². The Balaban J connectivity index is 1.72. The van der Waals surface area contributed by atoms with Crippen LogP contribution in [-0.4, -0.2) is 11.1 Å². The van der Waals surface area contributed by atoms with E-state index < -0.39 is 5.97 Å². The fraction of sp³-hybridized carbons (Fsp3) is 0.208. The molecule has 0 amide bonds. The van der Waals surface area contributed by atoms with Crippen molar-refractivity contribution in [2.45, 2.75) is 25.3 Å². The molecule has 3 nitrogen and oxygen atoms in total. The van der Waals surface area contributed by atoms with Crippen LogP contribution in [0.2, 0.25) is 0 Å². The Morgan fingerprint density at radius 3 is 2.48 bits per heavy atom. The fourth-order valence-corrected chi connectivity index (χ4v) is 4.87. The van der Waals surface area contributed by atoms with Gasteiger partial charge in [-0.25, -0.2) is 4.79 Å². The average molecular weight is 355 g/mol. The second-order valence-electron chi connectivity index (χ2n) is 7.65. The highest BCUT2D eigenvalue weighted by molar-refractivity contribution is 5.96. The lowest BCUT2D eigenvalue weighted by atomic mass is 9.75. The van der Waals surface area contributed by atoms with Gasteiger partial charge in [0.2, 0.25) is 0 Å². The molecule has 0 saturated heterocycles. The van der Waals surface area contributed by atoms with Gasteiger partial charge in [0.25, 0.3) is 0 Å². The van der Waals surface area contributed by atoms with Gasteiger partial charge in [-0.05, 0) is 47.6 Å². The van der Waals surface area contributed by atoms with Crippen molar-refractivity contribution in [2.75, 3.05) is 5.32 Å². The van der Waals surface area contributed by atoms with Gasteiger partial charge in [0.15, 0.2) is 0 Å². The van der Waals surface area contributed by atoms with Crippen molar-refractivity contribution in [3.05, 3.63) is 100 Å². The molecule has 0 fully saturated rings. The maximum absolute atomic E-state index is 11.9. The van der Waals surface area contributed by atoms with Crippen molar-refractivity contribution < 1.29 is 9.90 Å². The quantitative estimate of drug-likeness (QED) is 0.667. The van der Waals surface area contributed by atoms with Gasteiger partial charge >= 0.3 is 5.97 Å². The van der Waals surface area contributed by atoms with Crippen molar-refractivity contribution in [1.82, 2.24) is 0 Å². The Bertz CT molecular complexity index is 1040. The smallest absolute Gasteiger partial charge is 0.337 e. The highest BCUT2D eigenvalue weighted by Gasteiger charge is 2.44. The van der Waals surface area contributed by atoms with E-state index in [-0.39, 0.29) is 12.0 Å². The first-order chi connectivity index (χ1) is 13.1. The first-order valence-electron chi connectivity index (χ1n) is 9.40. The molecule has 3 aromatic rings. The SMILES string of the molecule is Cc1ccc([C@@H]2Nc3c(C(=O)O)cccc3[C@@H]3c4ccccc4C[C@H]32)cc1. The number of carboxylic acids is 1. The van der Waals surface area contributed by atoms with Crippen LogP contribution in [0.1, 0.15) is 50.1 Å². The maximum Gasteiger partial charge on any atom is 0.337 e. The normalized spacial score (nSPS) is 22.3. The van der Waals surface area contributed by atoms with Crippen LogP contribution in [0.15, 0.2) is 66.7 Å². The molecule has 2 aliphatic rings. The monoisotopic (exact) mass is 355 g/mol. The third-order valence-corrected chi connectivity index (χ3v) is 6.10. The number of anilines is 1. The summed E-state index contributed by atoms with van der Waals surface area (Å²) in [6, 6.07) is 22.9. The molecule has 2 N–H and O–H groups in total. The van der Waals surface area contributed by atoms with Gasteiger partial charge in [0.05, 0.1) is 17.3 Å². The highest BCUT2D eigenvalue weighted by atomic mass is 16.4. The van der Waals surface area contributed by atoms with Crippen LogP contribution >= 0.6 is 0 Å². The molecule has 1 aliphatic carbocycles. The molecule has 3 heteroatoms. The Hall–Kier alpha value is -3.07. The van der Waals surface area contributed by atoms with Crippen molar-refractivity contribution in [1.29, 1.82) is 0 Å². The van der Waals surface area contributed by atoms with E-state index in [1.807, 2.05) is 6.07 Å². The summed E-state index contributed by atoms with van der Waals surface area (Å²) >= 11 is 0. The Labute approximate surface area is 158 Å². The van der Waals surface area contributed by atoms with Gasteiger partial charge in [-0.3, -0.25) is 0 Å². The lowest BCUT2D eigenvalue weighted by Gasteiger charge is -2.38. The summed E-state index contributed by atoms with van der Waals surface area (Å²) in [6.45, 7) is 2.09. The molecule has 0 unspecified atom stereocenters. The second kappa shape index (κ2) is 5.98. The zero-order valence-electron chi connectivity index (χ0n) is 15.1. The molecule has 0 spiro atoms. The molecule has 1 heterocycles. The van der Waals surface area contributed by atoms with Gasteiger partial charge in [-0.15, -0.1) is 0 Å². The van der Waals surface area contributed by atoms with E-state index in [1.165, 1.54) is 22.3 Å². The van der Waals surface area contributed by atoms with Crippen molar-refractivity contribution in [2.24, 2.45) is 5.92 Å². The zero-order valence-corrected chi connectivity index (χ0v) is 15.1. The third kappa shape index (κ3) is 2.46. The van der Waals surface area contributed by atoms with Crippen molar-refractivity contribution in [3.8, 4) is 0 Å². The molecule has 1 aliphatic heterocycles. The van der Waals surface area contributed by atoms with Crippen LogP contribution in [0.5, 0.6) is 0 Å². The third-order valence-electron chi connectivity index (χ3n) is 6.10. The minimum Gasteiger partial charge on any atom is -0.478 e. The van der Waals surface area contributed by atoms with Crippen LogP contribution in [0, 0.1) is 12.8 Å². The zero-order chi connectivity index (χ0) is 18.5. The van der Waals surface area contributed by atoms with Gasteiger partial charge in [-0.1, -0.05) is 66.2 Å². The van der Waals surface area contributed by atoms with Gasteiger partial charge in [0.1, 0.15) is 0 Å². The van der Waals surface area contributed by atoms with E-state index in [0.29, 0.717) is 11.5 Å². The number of rotatable bonds is 2. The second-order valence-corrected chi connectivity index (χ2v) is 7.65. The number of aromatic carboxylic acids is 1. The molecule has 3 atom stereocenters. The number of benzene rings is 3. The van der Waals surface area contributed by atoms with Crippen molar-refractivity contribution in [3.63, 3.8) is 0 Å². The predicted molar refractivity (Wildman–Crippen MR) is 106 cm³/mol. The van der Waals surface area contributed by atoms with Crippen molar-refractivity contribution >= 4 is 11.7 Å². The highest BCUT2D eigenvalue weighted by Crippen LogP contribution is 2.54. The molecule has 3 aromatic carbocycles. The molecule has 5 rings (SSSR count). The van der Waals surface area contributed by atoms with E-state index in [4.69, 9.17) is 0 Å². The van der Waals surface area contributed by atoms with Gasteiger partial charge < -0.3 is 10.4 Å². The van der Waals surface area contributed by atoms with Crippen LogP contribution in [0.25, 0.3) is 0 Å². The van der Waals surface area contributed by atoms with E-state index >= 15 is 0 Å². The average Bonchev–Trinajstić information content (AvgIpc) is 3.07. The number of hydrogen-bond donors (Lipinski definition) is 2. The number of carboxylic acid groups (broad SMARTS) is 1. The molecular weight excluding hydrogens is 334 g/mol. The number of nitrogens with one attached hydrogen (secondary N) is 1. The largest absolute Gasteiger partial charge is 0.478 e. The summed E-state index contributed by atoms with van der Waals surface area (Å²) in [4.78, 5) is 11.9. The summed E-state index contributed by atoms with van der Waals surface area (Å²) in [5, 5.41) is 13.3. The number of para-hydroxylation sites is 1. The first kappa shape index (κ1) is 16.1. The lowest BCUT2D eigenvalue weighted by molar-refractivity contribution is 0.0697. The molecule has 0 radical (unpaired) electrons. The molecular formula is C24H21NO2. The molecule has 0 saturated carbocycles. The van der Waals surface area contributed by atoms with Gasteiger partial charge in [0, 0.05) is 5.92 Å². The van der Waals surface area contributed by atoms with Crippen LogP contribution in [-0.2, 0) is 6.42 Å². The summed E-state index contributed by atoms with van der Waals surface area (Å²) in [5.74, 6) is -0.281. The Kier molecular flexibility index (Phi) is 3.57. The van der Waals surface area contributed by atoms with Crippen LogP contribution in [0.4, 0.5) is 5.69 Å². The fourth-order valence-electron chi connectivity index (χ4n) is 4.87. The number of hydrogen-bond acceptors (Lipinski definition) is 2. The Morgan fingerprint density at radius 1 is 0.963 bits per heavy atom. The molecule has 0 bridgehead atoms. The Morgan fingerprint density at radius 2 is 1.70 bits per heavy atom. The summed E-state index contributed by atoms with van der Waals surface area (Å²) in [5.41, 5.74) is 7.39. The summed E-state index contributed by atoms with van der Waals surface area (Å²) in [7, 11) is 0. The molecule has 134 valence electrons. The van der Waals surface area contributed by atoms with Crippen LogP contribution in [0.3, 0.4) is 0 Å². The van der Waals surface area contributed by atoms with Gasteiger partial charge in [-0.2, -0.15) is 0 Å². The summed E-state index contributed by atoms with van der Waals surface area (Å²) < 4.78 is 0. The van der Waals surface area contributed by atoms with E-state index in [1.54, 1.807) is 6.07 Å². The molecule has 0 aromatic heterocycles. The topological polar surface area (TPSA) is 49.3 Å². The summed E-state index contributed by atoms with van der Waals surface area (Å²) in [6.07, 6.45) is 1.00. The maximum atomic E-state index is 11.9. The standard InChI is InChI=1S/C24H21NO2/c1-14-9-11-15(12-10-14)22-20-13-16-5-2-3-6-17(16)21(20)18-7-4-8-19(24(26)27)23(18)25-22/h2-12,20-22,25H,13H2,1H3,(H,26,27)/t20-,21+,22+/m1/s1. The van der Waals surface area contributed by atoms with Crippen LogP contribution < -0.4 is 5.32 Å².